The number of hydrogen-bond donors (Lipinski definition) is 0. The predicted molar refractivity (Wildman–Crippen MR) is 81.5 cm³/mol. The van der Waals surface area contributed by atoms with Crippen LogP contribution in [0.2, 0.25) is 0 Å². The first-order chi connectivity index (χ1) is 10.2. The van der Waals surface area contributed by atoms with Gasteiger partial charge in [-0.25, -0.2) is 0 Å². The maximum Gasteiger partial charge on any atom is 0.418 e. The second-order valence-electron chi connectivity index (χ2n) is 6.14. The highest BCUT2D eigenvalue weighted by atomic mass is 19.4. The van der Waals surface area contributed by atoms with Gasteiger partial charge in [0.15, 0.2) is 6.10 Å². The molecule has 0 fully saturated rings. The molecule has 1 nitrogen and oxygen atoms in total. The quantitative estimate of drug-likeness (QED) is 0.699. The van der Waals surface area contributed by atoms with Gasteiger partial charge in [-0.1, -0.05) is 54.6 Å². The van der Waals surface area contributed by atoms with Gasteiger partial charge in [-0.15, -0.1) is 0 Å². The van der Waals surface area contributed by atoms with Crippen LogP contribution >= 0.6 is 0 Å². The van der Waals surface area contributed by atoms with Gasteiger partial charge in [0, 0.05) is 0 Å². The van der Waals surface area contributed by atoms with Gasteiger partial charge in [0.1, 0.15) is 0 Å². The number of ether oxygens (including phenoxy) is 1. The Morgan fingerprint density at radius 2 is 1.27 bits per heavy atom. The van der Waals surface area contributed by atoms with Crippen LogP contribution in [0.4, 0.5) is 13.2 Å². The van der Waals surface area contributed by atoms with E-state index in [0.29, 0.717) is 0 Å². The fourth-order valence-electron chi connectivity index (χ4n) is 2.16. The minimum absolute atomic E-state index is 0.113. The van der Waals surface area contributed by atoms with E-state index < -0.39 is 17.9 Å². The van der Waals surface area contributed by atoms with Gasteiger partial charge in [-0.05, 0) is 37.5 Å². The lowest BCUT2D eigenvalue weighted by Gasteiger charge is -2.29. The van der Waals surface area contributed by atoms with Gasteiger partial charge in [-0.2, -0.15) is 13.2 Å². The topological polar surface area (TPSA) is 9.23 Å². The molecule has 0 amide bonds. The summed E-state index contributed by atoms with van der Waals surface area (Å²) in [5.74, 6) is 0. The molecule has 0 aliphatic carbocycles. The monoisotopic (exact) mass is 308 g/mol. The molecule has 0 heterocycles. The molecule has 0 N–H and O–H groups in total. The maximum absolute atomic E-state index is 13.2. The molecule has 0 radical (unpaired) electrons. The lowest BCUT2D eigenvalue weighted by Crippen LogP contribution is -2.31. The summed E-state index contributed by atoms with van der Waals surface area (Å²) in [7, 11) is 0. The molecular formula is C18H19F3O. The van der Waals surface area contributed by atoms with E-state index in [0.717, 1.165) is 11.1 Å². The third-order valence-corrected chi connectivity index (χ3v) is 3.09. The van der Waals surface area contributed by atoms with Crippen LogP contribution < -0.4 is 0 Å². The number of halogens is 3. The zero-order valence-electron chi connectivity index (χ0n) is 12.8. The highest BCUT2D eigenvalue weighted by Gasteiger charge is 2.43. The molecule has 0 bridgehead atoms. The Hall–Kier alpha value is -1.81. The fraction of sp³-hybridized carbons (Fsp3) is 0.333. The standard InChI is InChI=1S/C18H19F3O/c1-17(2,3)22-16(18(19,20)21)15-11-9-14(10-12-15)13-7-5-4-6-8-13/h4-12,16H,1-3H3. The first-order valence-electron chi connectivity index (χ1n) is 7.07. The van der Waals surface area contributed by atoms with Crippen molar-refractivity contribution in [2.45, 2.75) is 38.7 Å². The summed E-state index contributed by atoms with van der Waals surface area (Å²) in [4.78, 5) is 0. The van der Waals surface area contributed by atoms with Crippen LogP contribution in [0, 0.1) is 0 Å². The SMILES string of the molecule is CC(C)(C)OC(c1ccc(-c2ccccc2)cc1)C(F)(F)F. The summed E-state index contributed by atoms with van der Waals surface area (Å²) in [6.07, 6.45) is -6.36. The lowest BCUT2D eigenvalue weighted by molar-refractivity contribution is -0.249. The Balaban J connectivity index is 2.30. The molecule has 0 saturated heterocycles. The molecule has 0 aliphatic heterocycles. The Bertz CT molecular complexity index is 595. The molecule has 22 heavy (non-hydrogen) atoms. The highest BCUT2D eigenvalue weighted by Crippen LogP contribution is 2.39. The van der Waals surface area contributed by atoms with Crippen LogP contribution in [0.5, 0.6) is 0 Å². The number of hydrogen-bond acceptors (Lipinski definition) is 1. The van der Waals surface area contributed by atoms with Crippen molar-refractivity contribution in [2.75, 3.05) is 0 Å². The molecule has 4 heteroatoms. The zero-order chi connectivity index (χ0) is 16.4. The van der Waals surface area contributed by atoms with Crippen LogP contribution in [-0.4, -0.2) is 11.8 Å². The number of rotatable bonds is 3. The van der Waals surface area contributed by atoms with Crippen molar-refractivity contribution in [3.05, 3.63) is 60.2 Å². The Kier molecular flexibility index (Phi) is 4.61. The van der Waals surface area contributed by atoms with Crippen LogP contribution in [0.1, 0.15) is 32.4 Å². The molecule has 2 rings (SSSR count). The van der Waals surface area contributed by atoms with E-state index in [1.54, 1.807) is 32.9 Å². The lowest BCUT2D eigenvalue weighted by atomic mass is 10.0. The average molecular weight is 308 g/mol. The van der Waals surface area contributed by atoms with Crippen molar-refractivity contribution >= 4 is 0 Å². The summed E-state index contributed by atoms with van der Waals surface area (Å²) < 4.78 is 44.9. The summed E-state index contributed by atoms with van der Waals surface area (Å²) in [6, 6.07) is 15.9. The van der Waals surface area contributed by atoms with Gasteiger partial charge < -0.3 is 4.74 Å². The van der Waals surface area contributed by atoms with Gasteiger partial charge >= 0.3 is 6.18 Å². The van der Waals surface area contributed by atoms with Crippen molar-refractivity contribution < 1.29 is 17.9 Å². The summed E-state index contributed by atoms with van der Waals surface area (Å²) in [6.45, 7) is 4.85. The molecule has 2 aromatic carbocycles. The van der Waals surface area contributed by atoms with E-state index >= 15 is 0 Å². The zero-order valence-corrected chi connectivity index (χ0v) is 12.8. The van der Waals surface area contributed by atoms with Crippen molar-refractivity contribution in [3.63, 3.8) is 0 Å². The summed E-state index contributed by atoms with van der Waals surface area (Å²) in [5, 5.41) is 0. The van der Waals surface area contributed by atoms with Crippen LogP contribution in [0.3, 0.4) is 0 Å². The van der Waals surface area contributed by atoms with E-state index in [1.807, 2.05) is 30.3 Å². The Morgan fingerprint density at radius 1 is 0.773 bits per heavy atom. The second kappa shape index (κ2) is 6.13. The minimum Gasteiger partial charge on any atom is -0.358 e. The smallest absolute Gasteiger partial charge is 0.358 e. The Morgan fingerprint density at radius 3 is 1.73 bits per heavy atom. The molecule has 0 spiro atoms. The van der Waals surface area contributed by atoms with Crippen molar-refractivity contribution in [1.82, 2.24) is 0 Å². The number of benzene rings is 2. The van der Waals surface area contributed by atoms with Gasteiger partial charge in [0.05, 0.1) is 5.60 Å². The van der Waals surface area contributed by atoms with Gasteiger partial charge in [0.2, 0.25) is 0 Å². The van der Waals surface area contributed by atoms with Gasteiger partial charge in [-0.3, -0.25) is 0 Å². The van der Waals surface area contributed by atoms with E-state index in [9.17, 15) is 13.2 Å². The molecule has 0 aliphatic rings. The Labute approximate surface area is 128 Å². The minimum atomic E-state index is -4.44. The molecule has 1 unspecified atom stereocenters. The van der Waals surface area contributed by atoms with Crippen molar-refractivity contribution in [2.24, 2.45) is 0 Å². The number of alkyl halides is 3. The normalized spacial score (nSPS) is 13.9. The second-order valence-corrected chi connectivity index (χ2v) is 6.14. The molecular weight excluding hydrogens is 289 g/mol. The summed E-state index contributed by atoms with van der Waals surface area (Å²) >= 11 is 0. The molecule has 1 atom stereocenters. The highest BCUT2D eigenvalue weighted by molar-refractivity contribution is 5.63. The van der Waals surface area contributed by atoms with E-state index in [-0.39, 0.29) is 5.56 Å². The van der Waals surface area contributed by atoms with Crippen LogP contribution in [0.15, 0.2) is 54.6 Å². The first-order valence-corrected chi connectivity index (χ1v) is 7.07. The average Bonchev–Trinajstić information content (AvgIpc) is 2.44. The molecule has 2 aromatic rings. The van der Waals surface area contributed by atoms with Crippen molar-refractivity contribution in [1.29, 1.82) is 0 Å². The third-order valence-electron chi connectivity index (χ3n) is 3.09. The molecule has 0 saturated carbocycles. The van der Waals surface area contributed by atoms with E-state index in [4.69, 9.17) is 4.74 Å². The van der Waals surface area contributed by atoms with Crippen LogP contribution in [-0.2, 0) is 4.74 Å². The van der Waals surface area contributed by atoms with E-state index in [2.05, 4.69) is 0 Å². The van der Waals surface area contributed by atoms with Gasteiger partial charge in [0.25, 0.3) is 0 Å². The van der Waals surface area contributed by atoms with E-state index in [1.165, 1.54) is 12.1 Å². The molecule has 118 valence electrons. The largest absolute Gasteiger partial charge is 0.418 e. The molecule has 0 aromatic heterocycles. The van der Waals surface area contributed by atoms with Crippen molar-refractivity contribution in [3.8, 4) is 11.1 Å². The fourth-order valence-corrected chi connectivity index (χ4v) is 2.16. The predicted octanol–water partition coefficient (Wildman–Crippen LogP) is 5.77. The first kappa shape index (κ1) is 16.6. The third kappa shape index (κ3) is 4.34. The van der Waals surface area contributed by atoms with Crippen LogP contribution in [0.25, 0.3) is 11.1 Å². The summed E-state index contributed by atoms with van der Waals surface area (Å²) in [5.41, 5.74) is 1.08. The maximum atomic E-state index is 13.2.